The summed E-state index contributed by atoms with van der Waals surface area (Å²) < 4.78 is 21.0. The first-order valence-electron chi connectivity index (χ1n) is 13.5. The first kappa shape index (κ1) is 28.9. The molecule has 2 aromatic carbocycles. The lowest BCUT2D eigenvalue weighted by Crippen LogP contribution is -2.25. The van der Waals surface area contributed by atoms with Crippen molar-refractivity contribution in [3.05, 3.63) is 58.7 Å². The maximum Gasteiger partial charge on any atom is 0.513 e. The Kier molecular flexibility index (Phi) is 11.3. The van der Waals surface area contributed by atoms with Crippen LogP contribution in [0.2, 0.25) is 0 Å². The van der Waals surface area contributed by atoms with Crippen molar-refractivity contribution in [1.82, 2.24) is 0 Å². The number of hydrogen-bond donors (Lipinski definition) is 0. The Hall–Kier alpha value is -3.68. The van der Waals surface area contributed by atoms with Crippen LogP contribution >= 0.6 is 0 Å². The van der Waals surface area contributed by atoms with Crippen LogP contribution in [0.3, 0.4) is 0 Å². The van der Waals surface area contributed by atoms with E-state index in [0.29, 0.717) is 12.8 Å². The van der Waals surface area contributed by atoms with Gasteiger partial charge in [-0.05, 0) is 25.0 Å². The summed E-state index contributed by atoms with van der Waals surface area (Å²) in [7, 11) is 0. The van der Waals surface area contributed by atoms with E-state index >= 15 is 0 Å². The molecule has 0 spiro atoms. The summed E-state index contributed by atoms with van der Waals surface area (Å²) in [5, 5.41) is 0. The first-order chi connectivity index (χ1) is 18.5. The molecule has 0 aromatic heterocycles. The number of rotatable bonds is 14. The fraction of sp³-hybridized carbons (Fsp3) is 0.467. The zero-order valence-corrected chi connectivity index (χ0v) is 22.2. The molecular weight excluding hydrogens is 488 g/mol. The third-order valence-corrected chi connectivity index (χ3v) is 6.32. The van der Waals surface area contributed by atoms with Gasteiger partial charge in [-0.1, -0.05) is 89.5 Å². The van der Waals surface area contributed by atoms with Crippen molar-refractivity contribution < 1.29 is 38.1 Å². The minimum Gasteiger partial charge on any atom is -0.434 e. The quantitative estimate of drug-likeness (QED) is 0.122. The Morgan fingerprint density at radius 3 is 1.37 bits per heavy atom. The van der Waals surface area contributed by atoms with Crippen LogP contribution in [-0.2, 0) is 9.47 Å². The summed E-state index contributed by atoms with van der Waals surface area (Å²) in [5.41, 5.74) is 0.0359. The zero-order valence-electron chi connectivity index (χ0n) is 22.2. The van der Waals surface area contributed by atoms with Crippen LogP contribution in [0.1, 0.15) is 110 Å². The van der Waals surface area contributed by atoms with Crippen LogP contribution < -0.4 is 9.47 Å². The summed E-state index contributed by atoms with van der Waals surface area (Å²) in [4.78, 5) is 51.5. The molecule has 0 saturated carbocycles. The van der Waals surface area contributed by atoms with E-state index in [1.165, 1.54) is 24.3 Å². The van der Waals surface area contributed by atoms with Crippen LogP contribution in [0, 0.1) is 0 Å². The lowest BCUT2D eigenvalue weighted by Gasteiger charge is -2.21. The fourth-order valence-electron chi connectivity index (χ4n) is 4.29. The number of fused-ring (bicyclic) bond motifs is 2. The average molecular weight is 525 g/mol. The summed E-state index contributed by atoms with van der Waals surface area (Å²) >= 11 is 0. The molecule has 1 aliphatic rings. The van der Waals surface area contributed by atoms with Crippen LogP contribution in [-0.4, -0.2) is 37.1 Å². The van der Waals surface area contributed by atoms with Gasteiger partial charge in [0.25, 0.3) is 0 Å². The maximum atomic E-state index is 13.4. The zero-order chi connectivity index (χ0) is 27.3. The number of benzene rings is 2. The van der Waals surface area contributed by atoms with Crippen LogP contribution in [0.25, 0.3) is 0 Å². The van der Waals surface area contributed by atoms with Crippen molar-refractivity contribution in [1.29, 1.82) is 0 Å². The summed E-state index contributed by atoms with van der Waals surface area (Å²) in [5.74, 6) is -1.32. The van der Waals surface area contributed by atoms with Crippen LogP contribution in [0.5, 0.6) is 11.5 Å². The number of ether oxygens (including phenoxy) is 4. The summed E-state index contributed by atoms with van der Waals surface area (Å²) in [6, 6.07) is 8.96. The SMILES string of the molecule is CCCCCCCOC(=O)Oc1ccc(OC(=O)OCCCCCCC)c2c1C(=O)c1ccccc1C2=O. The van der Waals surface area contributed by atoms with Crippen molar-refractivity contribution in [2.24, 2.45) is 0 Å². The molecule has 3 rings (SSSR count). The molecule has 38 heavy (non-hydrogen) atoms. The van der Waals surface area contributed by atoms with Crippen LogP contribution in [0.4, 0.5) is 9.59 Å². The number of ketones is 2. The van der Waals surface area contributed by atoms with Crippen LogP contribution in [0.15, 0.2) is 36.4 Å². The molecule has 0 unspecified atom stereocenters. The third kappa shape index (κ3) is 7.66. The van der Waals surface area contributed by atoms with Gasteiger partial charge in [0.1, 0.15) is 11.5 Å². The highest BCUT2D eigenvalue weighted by Crippen LogP contribution is 2.39. The second-order valence-corrected chi connectivity index (χ2v) is 9.25. The van der Waals surface area contributed by atoms with E-state index in [9.17, 15) is 19.2 Å². The van der Waals surface area contributed by atoms with Crippen molar-refractivity contribution in [2.75, 3.05) is 13.2 Å². The van der Waals surface area contributed by atoms with E-state index in [2.05, 4.69) is 13.8 Å². The van der Waals surface area contributed by atoms with E-state index in [1.54, 1.807) is 12.1 Å². The molecule has 2 aromatic rings. The van der Waals surface area contributed by atoms with Gasteiger partial charge >= 0.3 is 12.3 Å². The van der Waals surface area contributed by atoms with Gasteiger partial charge in [-0.15, -0.1) is 0 Å². The highest BCUT2D eigenvalue weighted by molar-refractivity contribution is 6.30. The minimum atomic E-state index is -0.974. The van der Waals surface area contributed by atoms with Gasteiger partial charge in [-0.3, -0.25) is 9.59 Å². The fourth-order valence-corrected chi connectivity index (χ4v) is 4.29. The van der Waals surface area contributed by atoms with Gasteiger partial charge in [0.15, 0.2) is 11.6 Å². The monoisotopic (exact) mass is 524 g/mol. The van der Waals surface area contributed by atoms with Gasteiger partial charge in [0.05, 0.1) is 24.3 Å². The molecule has 204 valence electrons. The third-order valence-electron chi connectivity index (χ3n) is 6.32. The molecule has 0 bridgehead atoms. The van der Waals surface area contributed by atoms with E-state index in [0.717, 1.165) is 51.4 Å². The smallest absolute Gasteiger partial charge is 0.434 e. The van der Waals surface area contributed by atoms with Crippen molar-refractivity contribution in [3.8, 4) is 11.5 Å². The number of hydrogen-bond acceptors (Lipinski definition) is 8. The predicted octanol–water partition coefficient (Wildman–Crippen LogP) is 7.43. The van der Waals surface area contributed by atoms with E-state index in [-0.39, 0.29) is 47.0 Å². The van der Waals surface area contributed by atoms with E-state index in [4.69, 9.17) is 18.9 Å². The van der Waals surface area contributed by atoms with Gasteiger partial charge in [-0.25, -0.2) is 9.59 Å². The first-order valence-corrected chi connectivity index (χ1v) is 13.5. The Labute approximate surface area is 223 Å². The largest absolute Gasteiger partial charge is 0.513 e. The van der Waals surface area contributed by atoms with Crippen molar-refractivity contribution >= 4 is 23.9 Å². The molecule has 0 radical (unpaired) electrons. The Bertz CT molecular complexity index is 1050. The average Bonchev–Trinajstić information content (AvgIpc) is 2.92. The molecule has 0 atom stereocenters. The Morgan fingerprint density at radius 2 is 0.974 bits per heavy atom. The molecular formula is C30H36O8. The molecule has 0 heterocycles. The molecule has 1 aliphatic carbocycles. The molecule has 0 saturated heterocycles. The summed E-state index contributed by atoms with van der Waals surface area (Å²) in [6.45, 7) is 4.61. The highest BCUT2D eigenvalue weighted by Gasteiger charge is 2.36. The Balaban J connectivity index is 1.76. The predicted molar refractivity (Wildman–Crippen MR) is 141 cm³/mol. The molecule has 8 heteroatoms. The Morgan fingerprint density at radius 1 is 0.579 bits per heavy atom. The maximum absolute atomic E-state index is 13.4. The van der Waals surface area contributed by atoms with E-state index in [1.807, 2.05) is 0 Å². The molecule has 8 nitrogen and oxygen atoms in total. The van der Waals surface area contributed by atoms with Gasteiger partial charge in [-0.2, -0.15) is 0 Å². The molecule has 0 fully saturated rings. The lowest BCUT2D eigenvalue weighted by atomic mass is 9.83. The number of unbranched alkanes of at least 4 members (excludes halogenated alkanes) is 8. The number of carbonyl (C=O) groups excluding carboxylic acids is 4. The molecule has 0 aliphatic heterocycles. The second kappa shape index (κ2) is 14.9. The second-order valence-electron chi connectivity index (χ2n) is 9.25. The lowest BCUT2D eigenvalue weighted by molar-refractivity contribution is 0.0904. The molecule has 0 amide bonds. The summed E-state index contributed by atoms with van der Waals surface area (Å²) in [6.07, 6.45) is 7.89. The molecule has 0 N–H and O–H groups in total. The van der Waals surface area contributed by atoms with Crippen molar-refractivity contribution in [2.45, 2.75) is 78.1 Å². The normalized spacial score (nSPS) is 11.9. The topological polar surface area (TPSA) is 105 Å². The van der Waals surface area contributed by atoms with Crippen molar-refractivity contribution in [3.63, 3.8) is 0 Å². The minimum absolute atomic E-state index is 0.138. The van der Waals surface area contributed by atoms with Gasteiger partial charge in [0.2, 0.25) is 0 Å². The number of carbonyl (C=O) groups is 4. The van der Waals surface area contributed by atoms with E-state index < -0.39 is 23.9 Å². The van der Waals surface area contributed by atoms with Gasteiger partial charge < -0.3 is 18.9 Å². The highest BCUT2D eigenvalue weighted by atomic mass is 16.7. The van der Waals surface area contributed by atoms with Gasteiger partial charge in [0, 0.05) is 11.1 Å². The standard InChI is InChI=1S/C30H36O8/c1-3-5-7-9-13-19-35-29(33)37-23-17-18-24(38-30(34)36-20-14-10-8-6-4-2)26-25(23)27(31)21-15-11-12-16-22(21)28(26)32/h11-12,15-18H,3-10,13-14,19-20H2,1-2H3.